The predicted molar refractivity (Wildman–Crippen MR) is 135 cm³/mol. The second kappa shape index (κ2) is 10.2. The Kier molecular flexibility index (Phi) is 6.93. The molecule has 4 aromatic rings. The number of hydrogen-bond donors (Lipinski definition) is 2. The van der Waals surface area contributed by atoms with Gasteiger partial charge in [0.1, 0.15) is 18.0 Å². The van der Waals surface area contributed by atoms with Crippen molar-refractivity contribution in [2.24, 2.45) is 5.10 Å². The molecule has 36 heavy (non-hydrogen) atoms. The third kappa shape index (κ3) is 5.00. The van der Waals surface area contributed by atoms with E-state index in [0.29, 0.717) is 15.3 Å². The molecule has 0 unspecified atom stereocenters. The number of benzene rings is 4. The first-order chi connectivity index (χ1) is 17.3. The molecule has 0 saturated heterocycles. The van der Waals surface area contributed by atoms with Gasteiger partial charge in [0.05, 0.1) is 16.0 Å². The number of rotatable bonds is 8. The number of nitro groups is 1. The first-order valence-corrected chi connectivity index (χ1v) is 12.1. The van der Waals surface area contributed by atoms with Crippen molar-refractivity contribution < 1.29 is 23.2 Å². The highest BCUT2D eigenvalue weighted by atomic mass is 32.2. The highest BCUT2D eigenvalue weighted by Crippen LogP contribution is 2.32. The van der Waals surface area contributed by atoms with Gasteiger partial charge in [0.15, 0.2) is 0 Å². The van der Waals surface area contributed by atoms with Crippen LogP contribution < -0.4 is 9.73 Å². The largest absolute Gasteiger partial charge is 0.507 e. The number of nitrogens with zero attached hydrogens (tertiary/aromatic N) is 3. The minimum atomic E-state index is -4.34. The zero-order chi connectivity index (χ0) is 25.7. The molecule has 0 fully saturated rings. The van der Waals surface area contributed by atoms with Crippen LogP contribution in [0.2, 0.25) is 0 Å². The molecule has 2 N–H and O–H groups in total. The van der Waals surface area contributed by atoms with Gasteiger partial charge in [-0.2, -0.15) is 5.10 Å². The van der Waals surface area contributed by atoms with Gasteiger partial charge in [0, 0.05) is 11.6 Å². The Morgan fingerprint density at radius 2 is 1.64 bits per heavy atom. The van der Waals surface area contributed by atoms with E-state index in [-0.39, 0.29) is 16.3 Å². The van der Waals surface area contributed by atoms with Crippen LogP contribution in [0.5, 0.6) is 5.75 Å². The summed E-state index contributed by atoms with van der Waals surface area (Å²) < 4.78 is 27.4. The van der Waals surface area contributed by atoms with Gasteiger partial charge in [-0.25, -0.2) is 18.1 Å². The topological polar surface area (TPSA) is 142 Å². The van der Waals surface area contributed by atoms with Crippen molar-refractivity contribution in [3.8, 4) is 5.75 Å². The number of amides is 1. The second-order valence-electron chi connectivity index (χ2n) is 7.58. The summed E-state index contributed by atoms with van der Waals surface area (Å²) in [6, 6.07) is 23.0. The molecule has 0 saturated carbocycles. The van der Waals surface area contributed by atoms with E-state index in [1.54, 1.807) is 24.3 Å². The summed E-state index contributed by atoms with van der Waals surface area (Å²) in [5, 5.41) is 27.2. The van der Waals surface area contributed by atoms with E-state index in [4.69, 9.17) is 0 Å². The lowest BCUT2D eigenvalue weighted by Crippen LogP contribution is -2.39. The first-order valence-electron chi connectivity index (χ1n) is 10.6. The van der Waals surface area contributed by atoms with Crippen LogP contribution in [0.25, 0.3) is 10.8 Å². The molecule has 0 atom stereocenters. The molecule has 0 aliphatic rings. The van der Waals surface area contributed by atoms with Crippen LogP contribution in [0, 0.1) is 10.1 Å². The molecule has 4 aromatic carbocycles. The van der Waals surface area contributed by atoms with E-state index in [1.807, 2.05) is 12.1 Å². The van der Waals surface area contributed by atoms with E-state index in [2.05, 4.69) is 10.5 Å². The molecule has 1 amide bonds. The van der Waals surface area contributed by atoms with Crippen molar-refractivity contribution >= 4 is 44.3 Å². The van der Waals surface area contributed by atoms with Crippen molar-refractivity contribution in [1.29, 1.82) is 0 Å². The van der Waals surface area contributed by atoms with Crippen LogP contribution in [0.3, 0.4) is 0 Å². The van der Waals surface area contributed by atoms with Gasteiger partial charge in [0.2, 0.25) is 0 Å². The summed E-state index contributed by atoms with van der Waals surface area (Å²) in [7, 11) is -4.34. The average Bonchev–Trinajstić information content (AvgIpc) is 2.89. The Morgan fingerprint density at radius 3 is 2.39 bits per heavy atom. The van der Waals surface area contributed by atoms with Crippen LogP contribution >= 0.6 is 0 Å². The number of nitrogens with one attached hydrogen (secondary N) is 1. The van der Waals surface area contributed by atoms with Crippen LogP contribution in [-0.4, -0.2) is 37.1 Å². The van der Waals surface area contributed by atoms with E-state index in [1.165, 1.54) is 54.7 Å². The standard InChI is InChI=1S/C25H20N4O6S/c30-24-15-14-18-8-4-5-11-20(18)21(24)16-26-27-25(31)17-28(22-12-6-7-13-23(22)29(32)33)36(34,35)19-9-2-1-3-10-19/h1-16,30H,17H2,(H,27,31)/b26-16-. The van der Waals surface area contributed by atoms with Crippen molar-refractivity contribution in [3.63, 3.8) is 0 Å². The third-order valence-electron chi connectivity index (χ3n) is 5.30. The fourth-order valence-corrected chi connectivity index (χ4v) is 5.06. The number of para-hydroxylation sites is 2. The van der Waals surface area contributed by atoms with Gasteiger partial charge in [0.25, 0.3) is 21.6 Å². The molecule has 11 heteroatoms. The molecule has 0 spiro atoms. The van der Waals surface area contributed by atoms with Crippen LogP contribution in [-0.2, 0) is 14.8 Å². The van der Waals surface area contributed by atoms with Gasteiger partial charge in [-0.15, -0.1) is 0 Å². The van der Waals surface area contributed by atoms with Gasteiger partial charge in [-0.05, 0) is 35.0 Å². The molecule has 10 nitrogen and oxygen atoms in total. The Balaban J connectivity index is 1.65. The van der Waals surface area contributed by atoms with Crippen LogP contribution in [0.15, 0.2) is 101 Å². The molecule has 4 rings (SSSR count). The smallest absolute Gasteiger partial charge is 0.293 e. The number of carbonyl (C=O) groups excluding carboxylic acids is 1. The fraction of sp³-hybridized carbons (Fsp3) is 0.0400. The van der Waals surface area contributed by atoms with Crippen molar-refractivity contribution in [2.45, 2.75) is 4.90 Å². The zero-order valence-corrected chi connectivity index (χ0v) is 19.5. The molecule has 182 valence electrons. The van der Waals surface area contributed by atoms with Gasteiger partial charge in [-0.3, -0.25) is 14.9 Å². The van der Waals surface area contributed by atoms with Crippen molar-refractivity contribution in [2.75, 3.05) is 10.8 Å². The predicted octanol–water partition coefficient (Wildman–Crippen LogP) is 3.80. The Bertz CT molecular complexity index is 1570. The molecular formula is C25H20N4O6S. The second-order valence-corrected chi connectivity index (χ2v) is 9.45. The van der Waals surface area contributed by atoms with Crippen molar-refractivity contribution in [3.05, 3.63) is 107 Å². The van der Waals surface area contributed by atoms with E-state index in [9.17, 15) is 28.4 Å². The summed E-state index contributed by atoms with van der Waals surface area (Å²) in [4.78, 5) is 23.5. The average molecular weight is 505 g/mol. The van der Waals surface area contributed by atoms with Gasteiger partial charge < -0.3 is 5.11 Å². The molecule has 0 heterocycles. The summed E-state index contributed by atoms with van der Waals surface area (Å²) in [5.74, 6) is -0.900. The Morgan fingerprint density at radius 1 is 0.972 bits per heavy atom. The normalized spacial score (nSPS) is 11.4. The Hall–Kier alpha value is -4.77. The summed E-state index contributed by atoms with van der Waals surface area (Å²) in [6.07, 6.45) is 1.25. The molecule has 0 radical (unpaired) electrons. The molecule has 0 aliphatic carbocycles. The lowest BCUT2D eigenvalue weighted by Gasteiger charge is -2.23. The van der Waals surface area contributed by atoms with E-state index in [0.717, 1.165) is 11.5 Å². The fourth-order valence-electron chi connectivity index (χ4n) is 3.60. The summed E-state index contributed by atoms with van der Waals surface area (Å²) in [5.41, 5.74) is 1.86. The van der Waals surface area contributed by atoms with Gasteiger partial charge in [-0.1, -0.05) is 60.7 Å². The van der Waals surface area contributed by atoms with Crippen molar-refractivity contribution in [1.82, 2.24) is 5.43 Å². The van der Waals surface area contributed by atoms with E-state index >= 15 is 0 Å². The Labute approximate surface area is 206 Å². The monoisotopic (exact) mass is 504 g/mol. The lowest BCUT2D eigenvalue weighted by atomic mass is 10.0. The maximum Gasteiger partial charge on any atom is 0.293 e. The SMILES string of the molecule is O=C(CN(c1ccccc1[N+](=O)[O-])S(=O)(=O)c1ccccc1)N/N=C\c1c(O)ccc2ccccc12. The zero-order valence-electron chi connectivity index (χ0n) is 18.7. The summed E-state index contributed by atoms with van der Waals surface area (Å²) >= 11 is 0. The molecule has 0 aromatic heterocycles. The molecule has 0 bridgehead atoms. The number of nitro benzene ring substituents is 1. The van der Waals surface area contributed by atoms with Crippen LogP contribution in [0.1, 0.15) is 5.56 Å². The number of sulfonamides is 1. The number of phenols is 1. The first kappa shape index (κ1) is 24.4. The molecule has 0 aliphatic heterocycles. The molecular weight excluding hydrogens is 484 g/mol. The lowest BCUT2D eigenvalue weighted by molar-refractivity contribution is -0.384. The minimum absolute atomic E-state index is 0.0557. The number of aromatic hydroxyl groups is 1. The van der Waals surface area contributed by atoms with Gasteiger partial charge >= 0.3 is 0 Å². The number of fused-ring (bicyclic) bond motifs is 1. The van der Waals surface area contributed by atoms with Crippen LogP contribution in [0.4, 0.5) is 11.4 Å². The number of phenolic OH excluding ortho intramolecular Hbond substituents is 1. The summed E-state index contributed by atoms with van der Waals surface area (Å²) in [6.45, 7) is -0.777. The maximum atomic E-state index is 13.4. The number of hydrogen-bond acceptors (Lipinski definition) is 7. The number of hydrazone groups is 1. The highest BCUT2D eigenvalue weighted by Gasteiger charge is 2.31. The number of carbonyl (C=O) groups is 1. The maximum absolute atomic E-state index is 13.4. The third-order valence-corrected chi connectivity index (χ3v) is 7.07. The quantitative estimate of drug-likeness (QED) is 0.212. The van der Waals surface area contributed by atoms with E-state index < -0.39 is 33.1 Å². The minimum Gasteiger partial charge on any atom is -0.507 e. The number of anilines is 1. The highest BCUT2D eigenvalue weighted by molar-refractivity contribution is 7.92.